The van der Waals surface area contributed by atoms with Crippen molar-refractivity contribution < 1.29 is 17.9 Å². The van der Waals surface area contributed by atoms with Crippen molar-refractivity contribution in [2.24, 2.45) is 10.7 Å². The van der Waals surface area contributed by atoms with Gasteiger partial charge in [-0.25, -0.2) is 4.99 Å². The summed E-state index contributed by atoms with van der Waals surface area (Å²) in [5.74, 6) is 0.472. The third kappa shape index (κ3) is 3.91. The van der Waals surface area contributed by atoms with Gasteiger partial charge in [-0.05, 0) is 30.3 Å². The zero-order chi connectivity index (χ0) is 16.2. The zero-order valence-electron chi connectivity index (χ0n) is 11.7. The summed E-state index contributed by atoms with van der Waals surface area (Å²) < 4.78 is 43.1. The Bertz CT molecular complexity index is 684. The number of benzene rings is 2. The number of para-hydroxylation sites is 2. The van der Waals surface area contributed by atoms with Crippen LogP contribution >= 0.6 is 0 Å². The van der Waals surface area contributed by atoms with Gasteiger partial charge in [-0.3, -0.25) is 0 Å². The Kier molecular flexibility index (Phi) is 4.55. The number of hydrogen-bond donors (Lipinski definition) is 2. The van der Waals surface area contributed by atoms with Crippen molar-refractivity contribution in [1.29, 1.82) is 0 Å². The Hall–Kier alpha value is -2.70. The number of guanidine groups is 1. The van der Waals surface area contributed by atoms with Gasteiger partial charge in [0.15, 0.2) is 5.96 Å². The smallest absolute Gasteiger partial charge is 0.416 e. The van der Waals surface area contributed by atoms with Crippen molar-refractivity contribution in [2.45, 2.75) is 6.18 Å². The second-order valence-corrected chi connectivity index (χ2v) is 4.37. The maximum Gasteiger partial charge on any atom is 0.416 e. The first-order valence-electron chi connectivity index (χ1n) is 6.31. The van der Waals surface area contributed by atoms with E-state index in [1.807, 2.05) is 0 Å². The van der Waals surface area contributed by atoms with Crippen molar-refractivity contribution in [3.05, 3.63) is 54.1 Å². The molecule has 2 aromatic rings. The summed E-state index contributed by atoms with van der Waals surface area (Å²) in [6, 6.07) is 11.6. The van der Waals surface area contributed by atoms with Gasteiger partial charge in [0.2, 0.25) is 0 Å². The second kappa shape index (κ2) is 6.38. The monoisotopic (exact) mass is 309 g/mol. The lowest BCUT2D eigenvalue weighted by molar-refractivity contribution is -0.137. The summed E-state index contributed by atoms with van der Waals surface area (Å²) in [4.78, 5) is 4.09. The normalized spacial score (nSPS) is 12.1. The van der Waals surface area contributed by atoms with E-state index < -0.39 is 11.7 Å². The summed E-state index contributed by atoms with van der Waals surface area (Å²) in [6.07, 6.45) is -4.41. The van der Waals surface area contributed by atoms with Crippen LogP contribution < -0.4 is 15.8 Å². The second-order valence-electron chi connectivity index (χ2n) is 4.37. The Labute approximate surface area is 125 Å². The molecule has 116 valence electrons. The van der Waals surface area contributed by atoms with Crippen LogP contribution in [0, 0.1) is 0 Å². The van der Waals surface area contributed by atoms with Crippen molar-refractivity contribution >= 4 is 17.3 Å². The van der Waals surface area contributed by atoms with Crippen LogP contribution in [-0.4, -0.2) is 13.1 Å². The molecule has 0 aliphatic heterocycles. The van der Waals surface area contributed by atoms with Crippen LogP contribution in [0.5, 0.6) is 5.75 Å². The first kappa shape index (κ1) is 15.7. The Balaban J connectivity index is 2.22. The molecule has 0 amide bonds. The highest BCUT2D eigenvalue weighted by Gasteiger charge is 2.30. The molecule has 0 bridgehead atoms. The van der Waals surface area contributed by atoms with Crippen LogP contribution in [0.15, 0.2) is 53.5 Å². The first-order chi connectivity index (χ1) is 10.4. The third-order valence-corrected chi connectivity index (χ3v) is 2.79. The number of nitrogens with one attached hydrogen (secondary N) is 1. The van der Waals surface area contributed by atoms with Crippen molar-refractivity contribution in [3.8, 4) is 5.75 Å². The van der Waals surface area contributed by atoms with Gasteiger partial charge in [-0.1, -0.05) is 18.2 Å². The molecule has 22 heavy (non-hydrogen) atoms. The summed E-state index contributed by atoms with van der Waals surface area (Å²) in [7, 11) is 1.49. The molecule has 4 nitrogen and oxygen atoms in total. The minimum absolute atomic E-state index is 0.0381. The van der Waals surface area contributed by atoms with Crippen molar-refractivity contribution in [2.75, 3.05) is 12.4 Å². The maximum atomic E-state index is 12.6. The van der Waals surface area contributed by atoms with Crippen LogP contribution in [0.3, 0.4) is 0 Å². The van der Waals surface area contributed by atoms with Gasteiger partial charge in [0.25, 0.3) is 0 Å². The third-order valence-electron chi connectivity index (χ3n) is 2.79. The average Bonchev–Trinajstić information content (AvgIpc) is 2.47. The fraction of sp³-hybridized carbons (Fsp3) is 0.133. The Morgan fingerprint density at radius 2 is 1.86 bits per heavy atom. The number of alkyl halides is 3. The average molecular weight is 309 g/mol. The molecule has 2 rings (SSSR count). The maximum absolute atomic E-state index is 12.6. The highest BCUT2D eigenvalue weighted by molar-refractivity contribution is 5.94. The van der Waals surface area contributed by atoms with E-state index in [2.05, 4.69) is 10.3 Å². The Morgan fingerprint density at radius 3 is 2.55 bits per heavy atom. The van der Waals surface area contributed by atoms with Gasteiger partial charge in [0.1, 0.15) is 11.4 Å². The number of nitrogens with zero attached hydrogens (tertiary/aromatic N) is 1. The lowest BCUT2D eigenvalue weighted by Crippen LogP contribution is -2.22. The van der Waals surface area contributed by atoms with Gasteiger partial charge in [0.05, 0.1) is 12.7 Å². The summed E-state index contributed by atoms with van der Waals surface area (Å²) in [6.45, 7) is 0. The quantitative estimate of drug-likeness (QED) is 0.670. The molecule has 0 saturated carbocycles. The molecule has 2 aromatic carbocycles. The predicted molar refractivity (Wildman–Crippen MR) is 79.3 cm³/mol. The van der Waals surface area contributed by atoms with E-state index in [-0.39, 0.29) is 11.6 Å². The van der Waals surface area contributed by atoms with E-state index in [1.54, 1.807) is 24.3 Å². The molecule has 0 aromatic heterocycles. The number of ether oxygens (including phenoxy) is 1. The number of aliphatic imine (C=N–C) groups is 1. The molecule has 0 aliphatic carbocycles. The van der Waals surface area contributed by atoms with Gasteiger partial charge in [-0.2, -0.15) is 13.2 Å². The van der Waals surface area contributed by atoms with E-state index in [0.29, 0.717) is 11.4 Å². The van der Waals surface area contributed by atoms with Gasteiger partial charge in [-0.15, -0.1) is 0 Å². The van der Waals surface area contributed by atoms with Gasteiger partial charge < -0.3 is 15.8 Å². The highest BCUT2D eigenvalue weighted by atomic mass is 19.4. The molecule has 0 unspecified atom stereocenters. The van der Waals surface area contributed by atoms with Crippen molar-refractivity contribution in [1.82, 2.24) is 0 Å². The molecule has 3 N–H and O–H groups in total. The lowest BCUT2D eigenvalue weighted by Gasteiger charge is -2.10. The molecule has 0 atom stereocenters. The molecule has 0 aliphatic rings. The van der Waals surface area contributed by atoms with Crippen LogP contribution in [-0.2, 0) is 6.18 Å². The number of hydrogen-bond acceptors (Lipinski definition) is 2. The summed E-state index contributed by atoms with van der Waals surface area (Å²) >= 11 is 0. The standard InChI is InChI=1S/C15H14F3N3O/c1-22-13-8-3-2-7-12(13)21-14(19)20-11-6-4-5-10(9-11)15(16,17)18/h2-9H,1H3,(H3,19,20,21). The lowest BCUT2D eigenvalue weighted by atomic mass is 10.2. The molecule has 0 heterocycles. The summed E-state index contributed by atoms with van der Waals surface area (Å²) in [5.41, 5.74) is 5.64. The number of anilines is 1. The fourth-order valence-corrected chi connectivity index (χ4v) is 1.80. The van der Waals surface area contributed by atoms with Gasteiger partial charge >= 0.3 is 6.18 Å². The predicted octanol–water partition coefficient (Wildman–Crippen LogP) is 3.77. The van der Waals surface area contributed by atoms with Crippen LogP contribution in [0.1, 0.15) is 5.56 Å². The zero-order valence-corrected chi connectivity index (χ0v) is 11.7. The highest BCUT2D eigenvalue weighted by Crippen LogP contribution is 2.31. The minimum atomic E-state index is -4.41. The number of methoxy groups -OCH3 is 1. The first-order valence-corrected chi connectivity index (χ1v) is 6.31. The molecule has 0 fully saturated rings. The van der Waals surface area contributed by atoms with E-state index in [0.717, 1.165) is 12.1 Å². The van der Waals surface area contributed by atoms with E-state index in [9.17, 15) is 13.2 Å². The molecule has 7 heteroatoms. The van der Waals surface area contributed by atoms with Crippen LogP contribution in [0.25, 0.3) is 0 Å². The van der Waals surface area contributed by atoms with Crippen molar-refractivity contribution in [3.63, 3.8) is 0 Å². The van der Waals surface area contributed by atoms with Crippen LogP contribution in [0.2, 0.25) is 0 Å². The SMILES string of the molecule is COc1ccccc1N=C(N)Nc1cccc(C(F)(F)F)c1. The Morgan fingerprint density at radius 1 is 1.14 bits per heavy atom. The molecule has 0 spiro atoms. The van der Waals surface area contributed by atoms with E-state index in [4.69, 9.17) is 10.5 Å². The molecule has 0 radical (unpaired) electrons. The topological polar surface area (TPSA) is 59.6 Å². The fourth-order valence-electron chi connectivity index (χ4n) is 1.80. The van der Waals surface area contributed by atoms with E-state index >= 15 is 0 Å². The molecular weight excluding hydrogens is 295 g/mol. The number of halogens is 3. The molecule has 0 saturated heterocycles. The molecular formula is C15H14F3N3O. The largest absolute Gasteiger partial charge is 0.494 e. The van der Waals surface area contributed by atoms with E-state index in [1.165, 1.54) is 19.2 Å². The summed E-state index contributed by atoms with van der Waals surface area (Å²) in [5, 5.41) is 2.63. The number of rotatable bonds is 3. The number of nitrogens with two attached hydrogens (primary N) is 1. The van der Waals surface area contributed by atoms with Gasteiger partial charge in [0, 0.05) is 5.69 Å². The van der Waals surface area contributed by atoms with Crippen LogP contribution in [0.4, 0.5) is 24.5 Å². The minimum Gasteiger partial charge on any atom is -0.494 e.